The Kier molecular flexibility index (Phi) is 3.84. The Bertz CT molecular complexity index is 429. The van der Waals surface area contributed by atoms with E-state index in [-0.39, 0.29) is 11.9 Å². The number of hydrogen-bond donors (Lipinski definition) is 2. The van der Waals surface area contributed by atoms with E-state index in [1.54, 1.807) is 0 Å². The first-order valence-electron chi connectivity index (χ1n) is 5.86. The standard InChI is InChI=1S/C13H17BrN2O/c1-8-6-10(4-5-11(8)14)12(13(15)17)16-7-9-2-3-9/h4-6,9,12,16H,2-3,7H2,1H3,(H2,15,17). The van der Waals surface area contributed by atoms with Gasteiger partial charge in [0.1, 0.15) is 6.04 Å². The monoisotopic (exact) mass is 296 g/mol. The molecule has 1 fully saturated rings. The van der Waals surface area contributed by atoms with Gasteiger partial charge in [0.2, 0.25) is 5.91 Å². The average molecular weight is 297 g/mol. The van der Waals surface area contributed by atoms with Crippen LogP contribution in [0.1, 0.15) is 30.0 Å². The highest BCUT2D eigenvalue weighted by Gasteiger charge is 2.24. The van der Waals surface area contributed by atoms with Gasteiger partial charge in [0.05, 0.1) is 0 Å². The summed E-state index contributed by atoms with van der Waals surface area (Å²) >= 11 is 3.45. The zero-order chi connectivity index (χ0) is 12.4. The molecule has 2 rings (SSSR count). The molecule has 1 aliphatic rings. The molecule has 1 aliphatic carbocycles. The molecule has 92 valence electrons. The van der Waals surface area contributed by atoms with E-state index in [2.05, 4.69) is 21.2 Å². The summed E-state index contributed by atoms with van der Waals surface area (Å²) in [5.41, 5.74) is 7.51. The van der Waals surface area contributed by atoms with Gasteiger partial charge in [0.25, 0.3) is 0 Å². The third kappa shape index (κ3) is 3.30. The van der Waals surface area contributed by atoms with Gasteiger partial charge >= 0.3 is 0 Å². The molecule has 0 saturated heterocycles. The van der Waals surface area contributed by atoms with Crippen molar-refractivity contribution >= 4 is 21.8 Å². The smallest absolute Gasteiger partial charge is 0.239 e. The Hall–Kier alpha value is -0.870. The second kappa shape index (κ2) is 5.19. The van der Waals surface area contributed by atoms with Crippen molar-refractivity contribution in [2.24, 2.45) is 11.7 Å². The van der Waals surface area contributed by atoms with E-state index in [1.807, 2.05) is 25.1 Å². The molecule has 1 saturated carbocycles. The molecular formula is C13H17BrN2O. The van der Waals surface area contributed by atoms with Crippen LogP contribution >= 0.6 is 15.9 Å². The van der Waals surface area contributed by atoms with Crippen molar-refractivity contribution in [2.45, 2.75) is 25.8 Å². The summed E-state index contributed by atoms with van der Waals surface area (Å²) < 4.78 is 1.05. The minimum absolute atomic E-state index is 0.313. The lowest BCUT2D eigenvalue weighted by atomic mass is 10.0. The number of carbonyl (C=O) groups is 1. The lowest BCUT2D eigenvalue weighted by Gasteiger charge is -2.16. The number of halogens is 1. The lowest BCUT2D eigenvalue weighted by molar-refractivity contribution is -0.120. The molecule has 0 spiro atoms. The van der Waals surface area contributed by atoms with Crippen LogP contribution < -0.4 is 11.1 Å². The number of nitrogens with one attached hydrogen (secondary N) is 1. The summed E-state index contributed by atoms with van der Waals surface area (Å²) in [6, 6.07) is 5.52. The highest BCUT2D eigenvalue weighted by Crippen LogP contribution is 2.29. The van der Waals surface area contributed by atoms with Crippen LogP contribution in [0.15, 0.2) is 22.7 Å². The number of amides is 1. The van der Waals surface area contributed by atoms with Crippen LogP contribution in [0, 0.1) is 12.8 Å². The van der Waals surface area contributed by atoms with Gasteiger partial charge in [-0.1, -0.05) is 28.1 Å². The van der Waals surface area contributed by atoms with Crippen LogP contribution in [0.25, 0.3) is 0 Å². The third-order valence-corrected chi connectivity index (χ3v) is 4.00. The van der Waals surface area contributed by atoms with Crippen molar-refractivity contribution in [1.82, 2.24) is 5.32 Å². The van der Waals surface area contributed by atoms with Crippen LogP contribution in [-0.2, 0) is 4.79 Å². The van der Waals surface area contributed by atoms with Crippen LogP contribution in [0.4, 0.5) is 0 Å². The molecule has 1 unspecified atom stereocenters. The molecular weight excluding hydrogens is 280 g/mol. The predicted octanol–water partition coefficient (Wildman–Crippen LogP) is 2.28. The van der Waals surface area contributed by atoms with Gasteiger partial charge in [-0.05, 0) is 49.4 Å². The summed E-state index contributed by atoms with van der Waals surface area (Å²) in [4.78, 5) is 11.5. The second-order valence-corrected chi connectivity index (χ2v) is 5.55. The van der Waals surface area contributed by atoms with Gasteiger partial charge in [0, 0.05) is 4.47 Å². The SMILES string of the molecule is Cc1cc(C(NCC2CC2)C(N)=O)ccc1Br. The van der Waals surface area contributed by atoms with Gasteiger partial charge in [-0.3, -0.25) is 4.79 Å². The molecule has 0 radical (unpaired) electrons. The topological polar surface area (TPSA) is 55.1 Å². The fourth-order valence-electron chi connectivity index (χ4n) is 1.84. The van der Waals surface area contributed by atoms with Crippen LogP contribution in [0.3, 0.4) is 0 Å². The van der Waals surface area contributed by atoms with Gasteiger partial charge in [-0.25, -0.2) is 0 Å². The number of aryl methyl sites for hydroxylation is 1. The van der Waals surface area contributed by atoms with E-state index in [4.69, 9.17) is 5.73 Å². The molecule has 1 amide bonds. The molecule has 0 bridgehead atoms. The molecule has 1 aromatic carbocycles. The molecule has 0 aliphatic heterocycles. The zero-order valence-electron chi connectivity index (χ0n) is 9.87. The Morgan fingerprint density at radius 3 is 2.82 bits per heavy atom. The Morgan fingerprint density at radius 2 is 2.29 bits per heavy atom. The minimum Gasteiger partial charge on any atom is -0.368 e. The maximum Gasteiger partial charge on any atom is 0.239 e. The Labute approximate surface area is 110 Å². The van der Waals surface area contributed by atoms with Crippen molar-refractivity contribution in [1.29, 1.82) is 0 Å². The predicted molar refractivity (Wildman–Crippen MR) is 71.5 cm³/mol. The van der Waals surface area contributed by atoms with Crippen LogP contribution in [-0.4, -0.2) is 12.5 Å². The summed E-state index contributed by atoms with van der Waals surface area (Å²) in [6.45, 7) is 2.88. The van der Waals surface area contributed by atoms with E-state index in [1.165, 1.54) is 12.8 Å². The van der Waals surface area contributed by atoms with E-state index in [0.29, 0.717) is 0 Å². The highest BCUT2D eigenvalue weighted by atomic mass is 79.9. The van der Waals surface area contributed by atoms with Crippen molar-refractivity contribution in [3.63, 3.8) is 0 Å². The quantitative estimate of drug-likeness (QED) is 0.876. The van der Waals surface area contributed by atoms with E-state index >= 15 is 0 Å². The van der Waals surface area contributed by atoms with Crippen LogP contribution in [0.2, 0.25) is 0 Å². The normalized spacial score (nSPS) is 16.8. The minimum atomic E-state index is -0.373. The molecule has 3 nitrogen and oxygen atoms in total. The molecule has 3 N–H and O–H groups in total. The Balaban J connectivity index is 2.12. The Morgan fingerprint density at radius 1 is 1.59 bits per heavy atom. The first-order chi connectivity index (χ1) is 8.08. The molecule has 0 aromatic heterocycles. The number of rotatable bonds is 5. The molecule has 1 atom stereocenters. The van der Waals surface area contributed by atoms with E-state index < -0.39 is 0 Å². The van der Waals surface area contributed by atoms with Crippen molar-refractivity contribution in [2.75, 3.05) is 6.54 Å². The summed E-state index contributed by atoms with van der Waals surface area (Å²) in [7, 11) is 0. The number of benzene rings is 1. The maximum absolute atomic E-state index is 11.5. The number of primary amides is 1. The molecule has 4 heteroatoms. The van der Waals surface area contributed by atoms with Gasteiger partial charge in [-0.15, -0.1) is 0 Å². The van der Waals surface area contributed by atoms with E-state index in [0.717, 1.165) is 28.1 Å². The van der Waals surface area contributed by atoms with Gasteiger partial charge in [0.15, 0.2) is 0 Å². The average Bonchev–Trinajstić information content (AvgIpc) is 3.07. The lowest BCUT2D eigenvalue weighted by Crippen LogP contribution is -2.34. The van der Waals surface area contributed by atoms with E-state index in [9.17, 15) is 4.79 Å². The number of carbonyl (C=O) groups excluding carboxylic acids is 1. The summed E-state index contributed by atoms with van der Waals surface area (Å²) in [5.74, 6) is 0.417. The summed E-state index contributed by atoms with van der Waals surface area (Å²) in [6.07, 6.45) is 2.52. The van der Waals surface area contributed by atoms with Crippen molar-refractivity contribution in [3.8, 4) is 0 Å². The third-order valence-electron chi connectivity index (χ3n) is 3.11. The second-order valence-electron chi connectivity index (χ2n) is 4.70. The highest BCUT2D eigenvalue weighted by molar-refractivity contribution is 9.10. The van der Waals surface area contributed by atoms with Crippen molar-refractivity contribution < 1.29 is 4.79 Å². The molecule has 1 aromatic rings. The van der Waals surface area contributed by atoms with Gasteiger partial charge < -0.3 is 11.1 Å². The first-order valence-corrected chi connectivity index (χ1v) is 6.66. The largest absolute Gasteiger partial charge is 0.368 e. The fourth-order valence-corrected chi connectivity index (χ4v) is 2.08. The maximum atomic E-state index is 11.5. The van der Waals surface area contributed by atoms with Crippen molar-refractivity contribution in [3.05, 3.63) is 33.8 Å². The number of nitrogens with two attached hydrogens (primary N) is 1. The number of hydrogen-bond acceptors (Lipinski definition) is 2. The fraction of sp³-hybridized carbons (Fsp3) is 0.462. The molecule has 17 heavy (non-hydrogen) atoms. The zero-order valence-corrected chi connectivity index (χ0v) is 11.5. The van der Waals surface area contributed by atoms with Crippen LogP contribution in [0.5, 0.6) is 0 Å². The first kappa shape index (κ1) is 12.6. The summed E-state index contributed by atoms with van der Waals surface area (Å²) in [5, 5.41) is 3.25. The van der Waals surface area contributed by atoms with Gasteiger partial charge in [-0.2, -0.15) is 0 Å². The molecule has 0 heterocycles.